The van der Waals surface area contributed by atoms with E-state index in [0.29, 0.717) is 53.9 Å². The molecule has 0 bridgehead atoms. The summed E-state index contributed by atoms with van der Waals surface area (Å²) >= 11 is 3.10. The zero-order chi connectivity index (χ0) is 39.5. The first kappa shape index (κ1) is 41.0. The lowest BCUT2D eigenvalue weighted by Gasteiger charge is -2.02. The topological polar surface area (TPSA) is 165 Å². The monoisotopic (exact) mass is 796 g/mol. The van der Waals surface area contributed by atoms with Crippen LogP contribution in [0.3, 0.4) is 0 Å². The maximum atomic E-state index is 12.8. The van der Waals surface area contributed by atoms with Gasteiger partial charge in [-0.25, -0.2) is 4.39 Å². The van der Waals surface area contributed by atoms with Crippen molar-refractivity contribution in [3.8, 4) is 32.6 Å². The van der Waals surface area contributed by atoms with E-state index in [2.05, 4.69) is 38.3 Å². The second-order valence-electron chi connectivity index (χ2n) is 12.0. The van der Waals surface area contributed by atoms with Gasteiger partial charge < -0.3 is 29.5 Å². The molecule has 0 saturated carbocycles. The summed E-state index contributed by atoms with van der Waals surface area (Å²) < 4.78 is 28.2. The zero-order valence-corrected chi connectivity index (χ0v) is 32.5. The number of hydrogen-bond donors (Lipinski definition) is 3. The minimum Gasteiger partial charge on any atom is -0.355 e. The summed E-state index contributed by atoms with van der Waals surface area (Å²) in [7, 11) is 0. The van der Waals surface area contributed by atoms with Crippen molar-refractivity contribution in [2.75, 3.05) is 19.6 Å². The number of nitrogens with zero attached hydrogens (tertiary/aromatic N) is 3. The maximum Gasteiger partial charge on any atom is 0.273 e. The van der Waals surface area contributed by atoms with Crippen molar-refractivity contribution in [3.63, 3.8) is 0 Å². The number of nitrogens with one attached hydrogen (secondary N) is 3. The van der Waals surface area contributed by atoms with Crippen LogP contribution in [0.2, 0.25) is 0 Å². The largest absolute Gasteiger partial charge is 0.355 e. The lowest BCUT2D eigenvalue weighted by atomic mass is 10.1. The summed E-state index contributed by atoms with van der Waals surface area (Å²) in [5, 5.41) is 23.5. The Labute approximate surface area is 331 Å². The Morgan fingerprint density at radius 1 is 0.589 bits per heavy atom. The first-order chi connectivity index (χ1) is 27.3. The number of carbonyl (C=O) groups is 3. The third kappa shape index (κ3) is 12.4. The summed E-state index contributed by atoms with van der Waals surface area (Å²) in [5.74, 6) is 0.729. The fraction of sp³-hybridized carbons (Fsp3) is 0.220. The van der Waals surface area contributed by atoms with Crippen molar-refractivity contribution in [1.29, 1.82) is 0 Å². The van der Waals surface area contributed by atoms with Crippen molar-refractivity contribution in [2.24, 2.45) is 0 Å². The lowest BCUT2D eigenvalue weighted by Crippen LogP contribution is -2.25. The molecule has 5 heterocycles. The van der Waals surface area contributed by atoms with Crippen LogP contribution in [-0.4, -0.2) is 52.8 Å². The first-order valence-electron chi connectivity index (χ1n) is 18.0. The number of aromatic nitrogens is 3. The minimum absolute atomic E-state index is 0.187. The second kappa shape index (κ2) is 21.6. The standard InChI is InChI=1S/C16H14N2O2S.C14H15FN2O2.C11H12N2O2S/c19-16(17-9-8-12-5-2-1-3-6-12)13-11-14(20-18-13)15-7-4-10-21-15;1-2-3-8-16-14(18)12-9-13(19-17-12)10-4-6-11(15)7-5-10;1-2-5-12-11(14)8-7-9(15-13-8)10-4-3-6-16-10/h1-7,10-11H,8-9H2,(H,17,19);4-7,9H,2-3,8H2,1H3,(H,16,18);3-4,6-7H,2,5H2,1H3,(H,12,14). The van der Waals surface area contributed by atoms with Gasteiger partial charge in [0.15, 0.2) is 34.4 Å². The van der Waals surface area contributed by atoms with Gasteiger partial charge in [0, 0.05) is 43.4 Å². The molecule has 3 N–H and O–H groups in total. The van der Waals surface area contributed by atoms with Gasteiger partial charge in [0.2, 0.25) is 0 Å². The van der Waals surface area contributed by atoms with Gasteiger partial charge in [0.25, 0.3) is 17.7 Å². The van der Waals surface area contributed by atoms with Gasteiger partial charge in [0.05, 0.1) is 9.75 Å². The van der Waals surface area contributed by atoms with Crippen molar-refractivity contribution >= 4 is 40.4 Å². The molecule has 0 saturated heterocycles. The summed E-state index contributed by atoms with van der Waals surface area (Å²) in [6.07, 6.45) is 3.64. The maximum absolute atomic E-state index is 12.8. The zero-order valence-electron chi connectivity index (χ0n) is 30.8. The molecule has 7 aromatic rings. The molecular formula is C41H41FN6O6S2. The van der Waals surface area contributed by atoms with Crippen molar-refractivity contribution in [1.82, 2.24) is 31.4 Å². The van der Waals surface area contributed by atoms with E-state index in [9.17, 15) is 18.8 Å². The third-order valence-electron chi connectivity index (χ3n) is 7.78. The van der Waals surface area contributed by atoms with Crippen LogP contribution in [0.4, 0.5) is 4.39 Å². The molecule has 2 aromatic carbocycles. The Morgan fingerprint density at radius 3 is 1.59 bits per heavy atom. The molecule has 290 valence electrons. The highest BCUT2D eigenvalue weighted by atomic mass is 32.1. The van der Waals surface area contributed by atoms with Crippen molar-refractivity contribution in [3.05, 3.63) is 136 Å². The quantitative estimate of drug-likeness (QED) is 0.0912. The van der Waals surface area contributed by atoms with Gasteiger partial charge >= 0.3 is 0 Å². The van der Waals surface area contributed by atoms with E-state index in [-0.39, 0.29) is 29.2 Å². The smallest absolute Gasteiger partial charge is 0.273 e. The SMILES string of the molecule is CCCCNC(=O)c1cc(-c2ccc(F)cc2)on1.CCCNC(=O)c1cc(-c2cccs2)on1.O=C(NCCc1ccccc1)c1cc(-c2cccs2)on1. The van der Waals surface area contributed by atoms with Crippen LogP contribution >= 0.6 is 22.7 Å². The molecule has 56 heavy (non-hydrogen) atoms. The Hall–Kier alpha value is -6.19. The Morgan fingerprint density at radius 2 is 1.09 bits per heavy atom. The number of rotatable bonds is 14. The van der Waals surface area contributed by atoms with Crippen LogP contribution in [0, 0.1) is 5.82 Å². The molecule has 0 fully saturated rings. The van der Waals surface area contributed by atoms with Crippen molar-refractivity contribution in [2.45, 2.75) is 39.5 Å². The molecule has 12 nitrogen and oxygen atoms in total. The van der Waals surface area contributed by atoms with Crippen LogP contribution in [0.25, 0.3) is 32.6 Å². The first-order valence-corrected chi connectivity index (χ1v) is 19.7. The highest BCUT2D eigenvalue weighted by Crippen LogP contribution is 2.26. The van der Waals surface area contributed by atoms with Crippen molar-refractivity contribution < 1.29 is 32.3 Å². The van der Waals surface area contributed by atoms with Crippen LogP contribution in [0.5, 0.6) is 0 Å². The van der Waals surface area contributed by atoms with Gasteiger partial charge in [-0.3, -0.25) is 14.4 Å². The lowest BCUT2D eigenvalue weighted by molar-refractivity contribution is 0.0936. The molecule has 7 rings (SSSR count). The molecule has 0 aliphatic carbocycles. The van der Waals surface area contributed by atoms with Crippen LogP contribution in [0.1, 0.15) is 70.1 Å². The molecule has 0 aliphatic rings. The second-order valence-corrected chi connectivity index (χ2v) is 13.9. The fourth-order valence-corrected chi connectivity index (χ4v) is 6.17. The predicted octanol–water partition coefficient (Wildman–Crippen LogP) is 8.93. The van der Waals surface area contributed by atoms with E-state index in [1.54, 1.807) is 53.0 Å². The van der Waals surface area contributed by atoms with E-state index in [0.717, 1.165) is 35.4 Å². The fourth-order valence-electron chi connectivity index (χ4n) is 4.82. The summed E-state index contributed by atoms with van der Waals surface area (Å²) in [4.78, 5) is 37.2. The van der Waals surface area contributed by atoms with Gasteiger partial charge in [0.1, 0.15) is 5.82 Å². The van der Waals surface area contributed by atoms with Crippen LogP contribution in [0.15, 0.2) is 121 Å². The van der Waals surface area contributed by atoms with Gasteiger partial charge in [-0.15, -0.1) is 22.7 Å². The average molecular weight is 797 g/mol. The summed E-state index contributed by atoms with van der Waals surface area (Å²) in [5.41, 5.74) is 2.75. The molecule has 0 atom stereocenters. The number of halogens is 1. The van der Waals surface area contributed by atoms with E-state index in [1.165, 1.54) is 17.7 Å². The normalized spacial score (nSPS) is 10.4. The van der Waals surface area contributed by atoms with Gasteiger partial charge in [-0.2, -0.15) is 0 Å². The highest BCUT2D eigenvalue weighted by Gasteiger charge is 2.15. The number of carbonyl (C=O) groups excluding carboxylic acids is 3. The highest BCUT2D eigenvalue weighted by molar-refractivity contribution is 7.13. The van der Waals surface area contributed by atoms with Gasteiger partial charge in [-0.05, 0) is 72.0 Å². The van der Waals surface area contributed by atoms with E-state index >= 15 is 0 Å². The molecule has 0 unspecified atom stereocenters. The van der Waals surface area contributed by atoms with E-state index in [4.69, 9.17) is 13.6 Å². The number of benzene rings is 2. The Bertz CT molecular complexity index is 2220. The van der Waals surface area contributed by atoms with E-state index < -0.39 is 0 Å². The minimum atomic E-state index is -0.319. The Kier molecular flexibility index (Phi) is 15.8. The van der Waals surface area contributed by atoms with Crippen LogP contribution < -0.4 is 16.0 Å². The Balaban J connectivity index is 0.000000162. The molecule has 5 aromatic heterocycles. The van der Waals surface area contributed by atoms with Crippen LogP contribution in [-0.2, 0) is 6.42 Å². The van der Waals surface area contributed by atoms with Gasteiger partial charge in [-0.1, -0.05) is 78.2 Å². The molecule has 0 spiro atoms. The average Bonchev–Trinajstić information content (AvgIpc) is 4.07. The molecular weight excluding hydrogens is 756 g/mol. The number of hydrogen-bond acceptors (Lipinski definition) is 11. The number of unbranched alkanes of at least 4 members (excludes halogenated alkanes) is 1. The molecule has 0 aliphatic heterocycles. The number of thiophene rings is 2. The molecule has 3 amide bonds. The summed E-state index contributed by atoms with van der Waals surface area (Å²) in [6.45, 7) is 5.90. The predicted molar refractivity (Wildman–Crippen MR) is 214 cm³/mol. The number of amides is 3. The van der Waals surface area contributed by atoms with E-state index in [1.807, 2.05) is 72.3 Å². The summed E-state index contributed by atoms with van der Waals surface area (Å²) in [6, 6.07) is 28.5. The third-order valence-corrected chi connectivity index (χ3v) is 9.55. The molecule has 0 radical (unpaired) electrons. The molecule has 15 heteroatoms.